The third kappa shape index (κ3) is 5.71. The van der Waals surface area contributed by atoms with Crippen molar-refractivity contribution in [3.8, 4) is 5.75 Å². The number of benzene rings is 3. The number of carbonyl (C=O) groups excluding carboxylic acids is 2. The molecule has 6 heteroatoms. The smallest absolute Gasteiger partial charge is 0.248 e. The number of nitrogens with zero attached hydrogens (tertiary/aromatic N) is 1. The van der Waals surface area contributed by atoms with Gasteiger partial charge >= 0.3 is 0 Å². The van der Waals surface area contributed by atoms with Crippen molar-refractivity contribution in [3.05, 3.63) is 118 Å². The normalized spacial score (nSPS) is 11.4. The van der Waals surface area contributed by atoms with Gasteiger partial charge in [-0.15, -0.1) is 11.3 Å². The van der Waals surface area contributed by atoms with Crippen LogP contribution in [0.2, 0.25) is 0 Å². The summed E-state index contributed by atoms with van der Waals surface area (Å²) in [5, 5.41) is 4.98. The number of hydrogen-bond donors (Lipinski definition) is 1. The van der Waals surface area contributed by atoms with Crippen LogP contribution >= 0.6 is 11.3 Å². The maximum atomic E-state index is 13.7. The molecule has 0 saturated carbocycles. The van der Waals surface area contributed by atoms with Crippen LogP contribution in [-0.4, -0.2) is 18.9 Å². The molecule has 0 fully saturated rings. The average Bonchev–Trinajstić information content (AvgIpc) is 3.40. The number of thiophene rings is 1. The van der Waals surface area contributed by atoms with Crippen LogP contribution in [0.25, 0.3) is 0 Å². The standard InChI is InChI=1S/C28H26N2O3S/c1-33-24-16-14-22(15-17-24)27(28(32)29-20-21-9-4-2-5-10-21)30(23-11-6-3-7-12-23)26(31)19-25-13-8-18-34-25/h2-18,27H,19-20H2,1H3,(H,29,32)/t27-/m0/s1. The summed E-state index contributed by atoms with van der Waals surface area (Å²) in [4.78, 5) is 29.9. The lowest BCUT2D eigenvalue weighted by molar-refractivity contribution is -0.126. The van der Waals surface area contributed by atoms with E-state index in [2.05, 4.69) is 5.32 Å². The van der Waals surface area contributed by atoms with Gasteiger partial charge in [-0.05, 0) is 46.8 Å². The molecule has 2 amide bonds. The largest absolute Gasteiger partial charge is 0.497 e. The second-order valence-corrected chi connectivity index (χ2v) is 8.77. The van der Waals surface area contributed by atoms with E-state index in [0.29, 0.717) is 23.5 Å². The lowest BCUT2D eigenvalue weighted by Crippen LogP contribution is -2.44. The number of rotatable bonds is 9. The molecule has 0 spiro atoms. The van der Waals surface area contributed by atoms with Crippen LogP contribution in [0.3, 0.4) is 0 Å². The highest BCUT2D eigenvalue weighted by atomic mass is 32.1. The summed E-state index contributed by atoms with van der Waals surface area (Å²) in [6, 6.07) is 29.4. The fourth-order valence-corrected chi connectivity index (χ4v) is 4.45. The monoisotopic (exact) mass is 470 g/mol. The van der Waals surface area contributed by atoms with Gasteiger partial charge in [0.1, 0.15) is 11.8 Å². The molecule has 34 heavy (non-hydrogen) atoms. The van der Waals surface area contributed by atoms with Gasteiger partial charge in [0, 0.05) is 17.1 Å². The maximum Gasteiger partial charge on any atom is 0.248 e. The molecule has 0 radical (unpaired) electrons. The Morgan fingerprint density at radius 2 is 1.56 bits per heavy atom. The van der Waals surface area contributed by atoms with Gasteiger partial charge in [-0.2, -0.15) is 0 Å². The second-order valence-electron chi connectivity index (χ2n) is 7.73. The van der Waals surface area contributed by atoms with Gasteiger partial charge in [0.2, 0.25) is 11.8 Å². The van der Waals surface area contributed by atoms with Crippen LogP contribution in [0.15, 0.2) is 102 Å². The highest BCUT2D eigenvalue weighted by Gasteiger charge is 2.32. The SMILES string of the molecule is COc1ccc([C@@H](C(=O)NCc2ccccc2)N(C(=O)Cc2cccs2)c2ccccc2)cc1. The van der Waals surface area contributed by atoms with Crippen LogP contribution < -0.4 is 15.0 Å². The van der Waals surface area contributed by atoms with Crippen molar-refractivity contribution in [2.75, 3.05) is 12.0 Å². The van der Waals surface area contributed by atoms with Crippen LogP contribution in [0, 0.1) is 0 Å². The number of carbonyl (C=O) groups is 2. The van der Waals surface area contributed by atoms with E-state index >= 15 is 0 Å². The Labute approximate surface area is 203 Å². The highest BCUT2D eigenvalue weighted by molar-refractivity contribution is 7.10. The van der Waals surface area contributed by atoms with Gasteiger partial charge < -0.3 is 10.1 Å². The Morgan fingerprint density at radius 3 is 2.18 bits per heavy atom. The van der Waals surface area contributed by atoms with Gasteiger partial charge in [-0.3, -0.25) is 14.5 Å². The topological polar surface area (TPSA) is 58.6 Å². The molecule has 4 rings (SSSR count). The zero-order valence-electron chi connectivity index (χ0n) is 18.9. The van der Waals surface area contributed by atoms with Gasteiger partial charge in [-0.1, -0.05) is 66.7 Å². The minimum atomic E-state index is -0.843. The first kappa shape index (κ1) is 23.3. The third-order valence-corrected chi connectivity index (χ3v) is 6.33. The van der Waals surface area contributed by atoms with E-state index in [9.17, 15) is 9.59 Å². The molecule has 1 aromatic heterocycles. The minimum absolute atomic E-state index is 0.149. The first-order chi connectivity index (χ1) is 16.7. The maximum absolute atomic E-state index is 13.7. The van der Waals surface area contributed by atoms with Gasteiger partial charge in [0.15, 0.2) is 0 Å². The summed E-state index contributed by atoms with van der Waals surface area (Å²) in [5.41, 5.74) is 2.36. The summed E-state index contributed by atoms with van der Waals surface area (Å²) >= 11 is 1.53. The Morgan fingerprint density at radius 1 is 0.882 bits per heavy atom. The fourth-order valence-electron chi connectivity index (χ4n) is 3.76. The average molecular weight is 471 g/mol. The molecule has 3 aromatic carbocycles. The number of hydrogen-bond acceptors (Lipinski definition) is 4. The lowest BCUT2D eigenvalue weighted by atomic mass is 10.0. The number of methoxy groups -OCH3 is 1. The van der Waals surface area contributed by atoms with Gasteiger partial charge in [0.05, 0.1) is 13.5 Å². The first-order valence-corrected chi connectivity index (χ1v) is 11.9. The number of para-hydroxylation sites is 1. The van der Waals surface area contributed by atoms with E-state index in [0.717, 1.165) is 10.4 Å². The Hall–Kier alpha value is -3.90. The van der Waals surface area contributed by atoms with Crippen LogP contribution in [0.1, 0.15) is 22.0 Å². The summed E-state index contributed by atoms with van der Waals surface area (Å²) in [5.74, 6) is 0.282. The molecule has 172 valence electrons. The van der Waals surface area contributed by atoms with Crippen molar-refractivity contribution in [2.24, 2.45) is 0 Å². The van der Waals surface area contributed by atoms with E-state index in [-0.39, 0.29) is 18.2 Å². The van der Waals surface area contributed by atoms with Gasteiger partial charge in [-0.25, -0.2) is 0 Å². The number of nitrogens with one attached hydrogen (secondary N) is 1. The Balaban J connectivity index is 1.71. The van der Waals surface area contributed by atoms with E-state index in [1.807, 2.05) is 90.3 Å². The zero-order chi connectivity index (χ0) is 23.8. The number of anilines is 1. The van der Waals surface area contributed by atoms with E-state index in [1.54, 1.807) is 24.1 Å². The molecule has 0 aliphatic carbocycles. The van der Waals surface area contributed by atoms with Crippen molar-refractivity contribution >= 4 is 28.8 Å². The molecular formula is C28H26N2O3S. The van der Waals surface area contributed by atoms with Crippen molar-refractivity contribution in [3.63, 3.8) is 0 Å². The molecule has 5 nitrogen and oxygen atoms in total. The molecular weight excluding hydrogens is 444 g/mol. The molecule has 0 aliphatic rings. The Bertz CT molecular complexity index is 1190. The molecule has 0 unspecified atom stereocenters. The zero-order valence-corrected chi connectivity index (χ0v) is 19.7. The predicted octanol–water partition coefficient (Wildman–Crippen LogP) is 5.39. The quantitative estimate of drug-likeness (QED) is 0.357. The molecule has 0 bridgehead atoms. The molecule has 1 N–H and O–H groups in total. The predicted molar refractivity (Wildman–Crippen MR) is 136 cm³/mol. The fraction of sp³-hybridized carbons (Fsp3) is 0.143. The van der Waals surface area contributed by atoms with E-state index < -0.39 is 6.04 Å². The van der Waals surface area contributed by atoms with Crippen molar-refractivity contribution in [1.29, 1.82) is 0 Å². The summed E-state index contributed by atoms with van der Waals surface area (Å²) < 4.78 is 5.30. The van der Waals surface area contributed by atoms with Crippen LogP contribution in [0.5, 0.6) is 5.75 Å². The Kier molecular flexibility index (Phi) is 7.73. The van der Waals surface area contributed by atoms with Crippen LogP contribution in [0.4, 0.5) is 5.69 Å². The first-order valence-electron chi connectivity index (χ1n) is 11.0. The lowest BCUT2D eigenvalue weighted by Gasteiger charge is -2.31. The summed E-state index contributed by atoms with van der Waals surface area (Å²) in [7, 11) is 1.60. The minimum Gasteiger partial charge on any atom is -0.497 e. The van der Waals surface area contributed by atoms with Crippen molar-refractivity contribution in [1.82, 2.24) is 5.32 Å². The molecule has 1 atom stereocenters. The number of amides is 2. The van der Waals surface area contributed by atoms with Crippen LogP contribution in [-0.2, 0) is 22.6 Å². The highest BCUT2D eigenvalue weighted by Crippen LogP contribution is 2.30. The number of ether oxygens (including phenoxy) is 1. The van der Waals surface area contributed by atoms with Gasteiger partial charge in [0.25, 0.3) is 0 Å². The van der Waals surface area contributed by atoms with E-state index in [4.69, 9.17) is 4.74 Å². The molecule has 0 saturated heterocycles. The molecule has 0 aliphatic heterocycles. The van der Waals surface area contributed by atoms with Crippen molar-refractivity contribution < 1.29 is 14.3 Å². The molecule has 1 heterocycles. The summed E-state index contributed by atoms with van der Waals surface area (Å²) in [6.45, 7) is 0.369. The summed E-state index contributed by atoms with van der Waals surface area (Å²) in [6.07, 6.45) is 0.213. The molecule has 4 aromatic rings. The third-order valence-electron chi connectivity index (χ3n) is 5.46. The second kappa shape index (κ2) is 11.3. The van der Waals surface area contributed by atoms with E-state index in [1.165, 1.54) is 11.3 Å². The van der Waals surface area contributed by atoms with Crippen molar-refractivity contribution in [2.45, 2.75) is 19.0 Å².